The lowest BCUT2D eigenvalue weighted by molar-refractivity contribution is -0.140. The van der Waals surface area contributed by atoms with E-state index in [1.807, 2.05) is 17.5 Å². The van der Waals surface area contributed by atoms with E-state index in [9.17, 15) is 9.59 Å². The number of hydrogen-bond acceptors (Lipinski definition) is 8. The van der Waals surface area contributed by atoms with Gasteiger partial charge in [-0.2, -0.15) is 5.26 Å². The molecule has 0 bridgehead atoms. The normalized spacial score (nSPS) is 19.4. The number of benzene rings is 1. The summed E-state index contributed by atoms with van der Waals surface area (Å²) in [6.07, 6.45) is 3.65. The molecule has 1 unspecified atom stereocenters. The summed E-state index contributed by atoms with van der Waals surface area (Å²) in [6, 6.07) is 9.37. The van der Waals surface area contributed by atoms with E-state index in [1.54, 1.807) is 12.1 Å². The SMILES string of the molecule is N#Cc1ccc(-c2csc(C[C@H](OCCN3CCCC3)C(=O)NC(=O)C3CCCNC3)n2)cc1. The Morgan fingerprint density at radius 2 is 2.06 bits per heavy atom. The summed E-state index contributed by atoms with van der Waals surface area (Å²) >= 11 is 1.46. The predicted octanol–water partition coefficient (Wildman–Crippen LogP) is 2.35. The second-order valence-electron chi connectivity index (χ2n) is 8.82. The van der Waals surface area contributed by atoms with E-state index in [2.05, 4.69) is 26.6 Å². The number of thiazole rings is 1. The molecule has 1 aromatic heterocycles. The number of nitrogens with zero attached hydrogens (tertiary/aromatic N) is 3. The van der Waals surface area contributed by atoms with Crippen molar-refractivity contribution in [3.63, 3.8) is 0 Å². The number of piperidine rings is 1. The summed E-state index contributed by atoms with van der Waals surface area (Å²) in [6.45, 7) is 4.84. The molecule has 2 atom stereocenters. The van der Waals surface area contributed by atoms with Crippen molar-refractivity contribution >= 4 is 23.2 Å². The minimum atomic E-state index is -0.775. The number of imide groups is 1. The van der Waals surface area contributed by atoms with E-state index in [4.69, 9.17) is 10.00 Å². The Labute approximate surface area is 204 Å². The van der Waals surface area contributed by atoms with Gasteiger partial charge in [0.05, 0.1) is 34.9 Å². The molecule has 0 saturated carbocycles. The molecule has 0 spiro atoms. The molecule has 2 aliphatic heterocycles. The average Bonchev–Trinajstić information content (AvgIpc) is 3.56. The van der Waals surface area contributed by atoms with E-state index < -0.39 is 12.0 Å². The van der Waals surface area contributed by atoms with Crippen LogP contribution < -0.4 is 10.6 Å². The van der Waals surface area contributed by atoms with Crippen molar-refractivity contribution in [3.05, 3.63) is 40.2 Å². The molecule has 0 aliphatic carbocycles. The topological polar surface area (TPSA) is 107 Å². The van der Waals surface area contributed by atoms with Gasteiger partial charge < -0.3 is 15.0 Å². The number of nitrogens with one attached hydrogen (secondary N) is 2. The molecule has 180 valence electrons. The van der Waals surface area contributed by atoms with Crippen LogP contribution in [0.15, 0.2) is 29.6 Å². The Kier molecular flexibility index (Phi) is 8.77. The van der Waals surface area contributed by atoms with E-state index in [1.165, 1.54) is 24.2 Å². The smallest absolute Gasteiger partial charge is 0.256 e. The summed E-state index contributed by atoms with van der Waals surface area (Å²) in [5.41, 5.74) is 2.31. The Bertz CT molecular complexity index is 1000. The zero-order valence-corrected chi connectivity index (χ0v) is 20.1. The number of carbonyl (C=O) groups is 2. The Morgan fingerprint density at radius 3 is 2.76 bits per heavy atom. The number of rotatable bonds is 9. The van der Waals surface area contributed by atoms with Crippen LogP contribution in [0.25, 0.3) is 11.3 Å². The monoisotopic (exact) mass is 481 g/mol. The van der Waals surface area contributed by atoms with Crippen LogP contribution in [0.4, 0.5) is 0 Å². The van der Waals surface area contributed by atoms with Crippen LogP contribution in [-0.4, -0.2) is 67.1 Å². The van der Waals surface area contributed by atoms with E-state index in [0.717, 1.165) is 55.3 Å². The number of amides is 2. The van der Waals surface area contributed by atoms with Crippen molar-refractivity contribution in [2.24, 2.45) is 5.92 Å². The number of aromatic nitrogens is 1. The third-order valence-corrected chi connectivity index (χ3v) is 7.22. The van der Waals surface area contributed by atoms with Crippen molar-refractivity contribution in [1.29, 1.82) is 5.26 Å². The lowest BCUT2D eigenvalue weighted by Gasteiger charge is -2.23. The molecular formula is C25H31N5O3S. The van der Waals surface area contributed by atoms with Gasteiger partial charge in [0.2, 0.25) is 5.91 Å². The molecule has 2 saturated heterocycles. The minimum absolute atomic E-state index is 0.189. The lowest BCUT2D eigenvalue weighted by atomic mass is 9.99. The van der Waals surface area contributed by atoms with Gasteiger partial charge in [-0.3, -0.25) is 14.9 Å². The fraction of sp³-hybridized carbons (Fsp3) is 0.520. The molecule has 2 aliphatic rings. The first-order chi connectivity index (χ1) is 16.6. The van der Waals surface area contributed by atoms with Gasteiger partial charge >= 0.3 is 0 Å². The molecule has 9 heteroatoms. The molecular weight excluding hydrogens is 450 g/mol. The molecule has 2 aromatic rings. The third kappa shape index (κ3) is 6.70. The first-order valence-corrected chi connectivity index (χ1v) is 12.8. The van der Waals surface area contributed by atoms with Gasteiger partial charge in [-0.1, -0.05) is 12.1 Å². The molecule has 1 aromatic carbocycles. The zero-order chi connectivity index (χ0) is 23.8. The maximum Gasteiger partial charge on any atom is 0.256 e. The van der Waals surface area contributed by atoms with E-state index >= 15 is 0 Å². The molecule has 8 nitrogen and oxygen atoms in total. The van der Waals surface area contributed by atoms with Crippen molar-refractivity contribution in [1.82, 2.24) is 20.5 Å². The van der Waals surface area contributed by atoms with Crippen molar-refractivity contribution < 1.29 is 14.3 Å². The number of nitriles is 1. The lowest BCUT2D eigenvalue weighted by Crippen LogP contribution is -2.47. The zero-order valence-electron chi connectivity index (χ0n) is 19.3. The van der Waals surface area contributed by atoms with Gasteiger partial charge in [0.25, 0.3) is 5.91 Å². The van der Waals surface area contributed by atoms with Crippen LogP contribution in [0.3, 0.4) is 0 Å². The molecule has 2 fully saturated rings. The van der Waals surface area contributed by atoms with Crippen molar-refractivity contribution in [2.75, 3.05) is 39.3 Å². The standard InChI is InChI=1S/C25H31N5O3S/c26-15-18-5-7-19(8-6-18)21-17-34-23(28-21)14-22(33-13-12-30-10-1-2-11-30)25(32)29-24(31)20-4-3-9-27-16-20/h5-8,17,20,22,27H,1-4,9-14,16H2,(H,29,31,32)/t20?,22-/m0/s1. The van der Waals surface area contributed by atoms with Gasteiger partial charge in [-0.25, -0.2) is 4.98 Å². The summed E-state index contributed by atoms with van der Waals surface area (Å²) in [4.78, 5) is 32.7. The van der Waals surface area contributed by atoms with Crippen molar-refractivity contribution in [3.8, 4) is 17.3 Å². The highest BCUT2D eigenvalue weighted by Gasteiger charge is 2.28. The molecule has 34 heavy (non-hydrogen) atoms. The Morgan fingerprint density at radius 1 is 1.26 bits per heavy atom. The molecule has 2 N–H and O–H groups in total. The van der Waals surface area contributed by atoms with Gasteiger partial charge in [0.15, 0.2) is 0 Å². The van der Waals surface area contributed by atoms with Crippen LogP contribution in [-0.2, 0) is 20.7 Å². The second-order valence-corrected chi connectivity index (χ2v) is 9.77. The number of likely N-dealkylation sites (tertiary alicyclic amines) is 1. The van der Waals surface area contributed by atoms with Crippen LogP contribution in [0.2, 0.25) is 0 Å². The quantitative estimate of drug-likeness (QED) is 0.566. The van der Waals surface area contributed by atoms with E-state index in [0.29, 0.717) is 25.1 Å². The number of carbonyl (C=O) groups excluding carboxylic acids is 2. The maximum absolute atomic E-state index is 13.0. The van der Waals surface area contributed by atoms with Crippen molar-refractivity contribution in [2.45, 2.75) is 38.2 Å². The largest absolute Gasteiger partial charge is 0.367 e. The third-order valence-electron chi connectivity index (χ3n) is 6.35. The summed E-state index contributed by atoms with van der Waals surface area (Å²) < 4.78 is 6.01. The van der Waals surface area contributed by atoms with Crippen LogP contribution in [0, 0.1) is 17.2 Å². The van der Waals surface area contributed by atoms with Gasteiger partial charge in [-0.15, -0.1) is 11.3 Å². The maximum atomic E-state index is 13.0. The first-order valence-electron chi connectivity index (χ1n) is 12.0. The van der Waals surface area contributed by atoms with Gasteiger partial charge in [0, 0.05) is 30.5 Å². The fourth-order valence-corrected chi connectivity index (χ4v) is 5.18. The van der Waals surface area contributed by atoms with Crippen LogP contribution in [0.1, 0.15) is 36.3 Å². The Hall–Kier alpha value is -2.64. The molecule has 2 amide bonds. The van der Waals surface area contributed by atoms with Gasteiger partial charge in [-0.05, 0) is 57.5 Å². The van der Waals surface area contributed by atoms with Crippen LogP contribution in [0.5, 0.6) is 0 Å². The minimum Gasteiger partial charge on any atom is -0.367 e. The first kappa shape index (κ1) is 24.5. The number of ether oxygens (including phenoxy) is 1. The highest BCUT2D eigenvalue weighted by molar-refractivity contribution is 7.10. The number of hydrogen-bond donors (Lipinski definition) is 2. The highest BCUT2D eigenvalue weighted by Crippen LogP contribution is 2.23. The fourth-order valence-electron chi connectivity index (χ4n) is 4.35. The summed E-state index contributed by atoms with van der Waals surface area (Å²) in [5.74, 6) is -0.819. The summed E-state index contributed by atoms with van der Waals surface area (Å²) in [7, 11) is 0. The highest BCUT2D eigenvalue weighted by atomic mass is 32.1. The molecule has 3 heterocycles. The summed E-state index contributed by atoms with van der Waals surface area (Å²) in [5, 5.41) is 17.5. The van der Waals surface area contributed by atoms with Crippen LogP contribution >= 0.6 is 11.3 Å². The second kappa shape index (κ2) is 12.2. The predicted molar refractivity (Wildman–Crippen MR) is 130 cm³/mol. The average molecular weight is 482 g/mol. The Balaban J connectivity index is 1.40. The van der Waals surface area contributed by atoms with Gasteiger partial charge in [0.1, 0.15) is 6.10 Å². The molecule has 4 rings (SSSR count). The van der Waals surface area contributed by atoms with E-state index in [-0.39, 0.29) is 11.8 Å². The molecule has 0 radical (unpaired) electrons.